The predicted octanol–water partition coefficient (Wildman–Crippen LogP) is 3.96. The maximum Gasteiger partial charge on any atom is 0.321 e. The first-order valence-corrected chi connectivity index (χ1v) is 8.22. The fourth-order valence-electron chi connectivity index (χ4n) is 3.10. The molecule has 2 aliphatic heterocycles. The number of nitrogens with one attached hydrogen (secondary N) is 1. The predicted molar refractivity (Wildman–Crippen MR) is 87.3 cm³/mol. The van der Waals surface area contributed by atoms with E-state index in [1.54, 1.807) is 0 Å². The van der Waals surface area contributed by atoms with Crippen LogP contribution in [0.5, 0.6) is 0 Å². The third-order valence-electron chi connectivity index (χ3n) is 4.29. The van der Waals surface area contributed by atoms with Gasteiger partial charge in [-0.3, -0.25) is 0 Å². The summed E-state index contributed by atoms with van der Waals surface area (Å²) in [5, 5.41) is 3.66. The fraction of sp³-hybridized carbons (Fsp3) is 0.562. The molecule has 3 rings (SSSR count). The van der Waals surface area contributed by atoms with Crippen molar-refractivity contribution in [2.45, 2.75) is 32.1 Å². The smallest absolute Gasteiger partial charge is 0.321 e. The molecule has 2 saturated heterocycles. The van der Waals surface area contributed by atoms with Crippen molar-refractivity contribution < 1.29 is 4.79 Å². The molecule has 1 aromatic carbocycles. The molecule has 1 N–H and O–H groups in total. The first kappa shape index (κ1) is 14.5. The molecule has 21 heavy (non-hydrogen) atoms. The quantitative estimate of drug-likeness (QED) is 0.897. The Hall–Kier alpha value is -1.42. The van der Waals surface area contributed by atoms with Crippen molar-refractivity contribution in [1.82, 2.24) is 4.90 Å². The lowest BCUT2D eigenvalue weighted by Crippen LogP contribution is -2.32. The summed E-state index contributed by atoms with van der Waals surface area (Å²) in [6.45, 7) is 3.84. The van der Waals surface area contributed by atoms with E-state index in [9.17, 15) is 4.79 Å². The average Bonchev–Trinajstić information content (AvgIpc) is 3.02. The Balaban J connectivity index is 1.67. The van der Waals surface area contributed by atoms with Gasteiger partial charge in [-0.05, 0) is 50.3 Å². The van der Waals surface area contributed by atoms with Crippen LogP contribution in [0, 0.1) is 0 Å². The molecule has 1 aromatic rings. The second-order valence-corrected chi connectivity index (χ2v) is 6.25. The van der Waals surface area contributed by atoms with E-state index in [0.29, 0.717) is 0 Å². The number of anilines is 2. The zero-order valence-corrected chi connectivity index (χ0v) is 13.0. The number of amides is 2. The summed E-state index contributed by atoms with van der Waals surface area (Å²) < 4.78 is 0. The van der Waals surface area contributed by atoms with Crippen LogP contribution in [0.2, 0.25) is 5.02 Å². The van der Waals surface area contributed by atoms with E-state index in [2.05, 4.69) is 10.2 Å². The van der Waals surface area contributed by atoms with E-state index in [-0.39, 0.29) is 6.03 Å². The molecule has 0 saturated carbocycles. The summed E-state index contributed by atoms with van der Waals surface area (Å²) in [6, 6.07) is 5.81. The van der Waals surface area contributed by atoms with E-state index in [0.717, 1.165) is 55.4 Å². The number of carbonyl (C=O) groups excluding carboxylic acids is 1. The number of hydrogen-bond acceptors (Lipinski definition) is 2. The summed E-state index contributed by atoms with van der Waals surface area (Å²) in [7, 11) is 0. The Morgan fingerprint density at radius 2 is 1.67 bits per heavy atom. The number of likely N-dealkylation sites (tertiary alicyclic amines) is 1. The Morgan fingerprint density at radius 1 is 1.00 bits per heavy atom. The molecule has 0 aliphatic carbocycles. The normalized spacial score (nSPS) is 18.9. The lowest BCUT2D eigenvalue weighted by Gasteiger charge is -2.29. The van der Waals surface area contributed by atoms with Crippen molar-refractivity contribution in [2.24, 2.45) is 0 Å². The second kappa shape index (κ2) is 6.56. The number of nitrogens with zero attached hydrogens (tertiary/aromatic N) is 2. The number of benzene rings is 1. The summed E-state index contributed by atoms with van der Waals surface area (Å²) in [5.41, 5.74) is 1.85. The molecule has 2 heterocycles. The van der Waals surface area contributed by atoms with Gasteiger partial charge in [-0.1, -0.05) is 11.6 Å². The van der Waals surface area contributed by atoms with Crippen molar-refractivity contribution in [1.29, 1.82) is 0 Å². The lowest BCUT2D eigenvalue weighted by molar-refractivity contribution is 0.222. The van der Waals surface area contributed by atoms with E-state index in [1.807, 2.05) is 23.1 Å². The van der Waals surface area contributed by atoms with Crippen LogP contribution in [0.4, 0.5) is 16.2 Å². The van der Waals surface area contributed by atoms with Gasteiger partial charge >= 0.3 is 6.03 Å². The summed E-state index contributed by atoms with van der Waals surface area (Å²) >= 11 is 6.40. The minimum atomic E-state index is -0.0192. The van der Waals surface area contributed by atoms with Crippen LogP contribution in [0.25, 0.3) is 0 Å². The van der Waals surface area contributed by atoms with Crippen molar-refractivity contribution in [3.8, 4) is 0 Å². The summed E-state index contributed by atoms with van der Waals surface area (Å²) in [5.74, 6) is 0. The van der Waals surface area contributed by atoms with Gasteiger partial charge in [-0.15, -0.1) is 0 Å². The Labute approximate surface area is 131 Å². The average molecular weight is 308 g/mol. The van der Waals surface area contributed by atoms with Gasteiger partial charge in [0.25, 0.3) is 0 Å². The molecule has 0 radical (unpaired) electrons. The zero-order valence-electron chi connectivity index (χ0n) is 12.3. The summed E-state index contributed by atoms with van der Waals surface area (Å²) in [4.78, 5) is 16.3. The van der Waals surface area contributed by atoms with E-state index >= 15 is 0 Å². The Kier molecular flexibility index (Phi) is 4.54. The molecule has 4 nitrogen and oxygen atoms in total. The van der Waals surface area contributed by atoms with Crippen molar-refractivity contribution in [3.63, 3.8) is 0 Å². The number of piperidine rings is 1. The molecule has 114 valence electrons. The van der Waals surface area contributed by atoms with Crippen molar-refractivity contribution >= 4 is 29.0 Å². The topological polar surface area (TPSA) is 35.6 Å². The van der Waals surface area contributed by atoms with Crippen molar-refractivity contribution in [2.75, 3.05) is 36.4 Å². The van der Waals surface area contributed by atoms with Crippen LogP contribution in [0.1, 0.15) is 32.1 Å². The van der Waals surface area contributed by atoms with E-state index in [4.69, 9.17) is 11.6 Å². The minimum absolute atomic E-state index is 0.0192. The molecule has 2 aliphatic rings. The lowest BCUT2D eigenvalue weighted by atomic mass is 10.1. The third-order valence-corrected chi connectivity index (χ3v) is 4.59. The monoisotopic (exact) mass is 307 g/mol. The number of rotatable bonds is 2. The maximum absolute atomic E-state index is 12.1. The largest absolute Gasteiger partial charge is 0.370 e. The molecule has 5 heteroatoms. The van der Waals surface area contributed by atoms with E-state index in [1.165, 1.54) is 19.3 Å². The highest BCUT2D eigenvalue weighted by atomic mass is 35.5. The maximum atomic E-state index is 12.1. The van der Waals surface area contributed by atoms with Crippen LogP contribution in [-0.4, -0.2) is 37.1 Å². The van der Waals surface area contributed by atoms with Gasteiger partial charge in [-0.25, -0.2) is 4.79 Å². The molecule has 0 aromatic heterocycles. The van der Waals surface area contributed by atoms with Crippen LogP contribution in [-0.2, 0) is 0 Å². The standard InChI is InChI=1S/C16H22ClN3O/c17-14-12-13(18-16(21)20-10-4-5-11-20)6-7-15(14)19-8-2-1-3-9-19/h6-7,12H,1-5,8-11H2,(H,18,21). The highest BCUT2D eigenvalue weighted by molar-refractivity contribution is 6.33. The van der Waals surface area contributed by atoms with Gasteiger partial charge in [0.1, 0.15) is 0 Å². The number of halogens is 1. The van der Waals surface area contributed by atoms with Gasteiger partial charge in [0.05, 0.1) is 10.7 Å². The molecular weight excluding hydrogens is 286 g/mol. The van der Waals surface area contributed by atoms with Crippen LogP contribution in [0.3, 0.4) is 0 Å². The van der Waals surface area contributed by atoms with Crippen LogP contribution < -0.4 is 10.2 Å². The van der Waals surface area contributed by atoms with E-state index < -0.39 is 0 Å². The molecule has 0 unspecified atom stereocenters. The number of urea groups is 1. The Morgan fingerprint density at radius 3 is 2.33 bits per heavy atom. The first-order valence-electron chi connectivity index (χ1n) is 7.84. The first-order chi connectivity index (χ1) is 10.2. The van der Waals surface area contributed by atoms with Gasteiger partial charge in [-0.2, -0.15) is 0 Å². The SMILES string of the molecule is O=C(Nc1ccc(N2CCCCC2)c(Cl)c1)N1CCCC1. The molecular formula is C16H22ClN3O. The highest BCUT2D eigenvalue weighted by Gasteiger charge is 2.19. The van der Waals surface area contributed by atoms with Crippen LogP contribution >= 0.6 is 11.6 Å². The third kappa shape index (κ3) is 3.43. The molecule has 2 fully saturated rings. The fourth-order valence-corrected chi connectivity index (χ4v) is 3.40. The van der Waals surface area contributed by atoms with Gasteiger partial charge in [0.2, 0.25) is 0 Å². The molecule has 2 amide bonds. The number of hydrogen-bond donors (Lipinski definition) is 1. The molecule has 0 bridgehead atoms. The van der Waals surface area contributed by atoms with Gasteiger partial charge in [0, 0.05) is 31.9 Å². The highest BCUT2D eigenvalue weighted by Crippen LogP contribution is 2.31. The molecule has 0 spiro atoms. The summed E-state index contributed by atoms with van der Waals surface area (Å²) in [6.07, 6.45) is 5.95. The number of carbonyl (C=O) groups is 1. The van der Waals surface area contributed by atoms with Gasteiger partial charge in [0.15, 0.2) is 0 Å². The Bertz CT molecular complexity index is 508. The molecule has 0 atom stereocenters. The second-order valence-electron chi connectivity index (χ2n) is 5.84. The van der Waals surface area contributed by atoms with Gasteiger partial charge < -0.3 is 15.1 Å². The zero-order chi connectivity index (χ0) is 14.7. The van der Waals surface area contributed by atoms with Crippen molar-refractivity contribution in [3.05, 3.63) is 23.2 Å². The van der Waals surface area contributed by atoms with Crippen LogP contribution in [0.15, 0.2) is 18.2 Å². The minimum Gasteiger partial charge on any atom is -0.370 e.